The predicted octanol–water partition coefficient (Wildman–Crippen LogP) is 3.26. The molecule has 0 bridgehead atoms. The number of halogens is 2. The number of benzene rings is 1. The third-order valence-electron chi connectivity index (χ3n) is 2.86. The Hall–Kier alpha value is -0.330. The van der Waals surface area contributed by atoms with E-state index in [1.165, 1.54) is 0 Å². The Morgan fingerprint density at radius 1 is 1.42 bits per heavy atom. The average Bonchev–Trinajstić information content (AvgIpc) is 2.31. The average molecular weight is 395 g/mol. The van der Waals surface area contributed by atoms with Gasteiger partial charge in [0.1, 0.15) is 0 Å². The summed E-state index contributed by atoms with van der Waals surface area (Å²) in [6.45, 7) is 5.03. The third-order valence-corrected chi connectivity index (χ3v) is 4.44. The molecule has 5 heteroatoms. The van der Waals surface area contributed by atoms with E-state index in [1.807, 2.05) is 20.2 Å². The second-order valence-corrected chi connectivity index (χ2v) is 6.78. The molecule has 106 valence electrons. The molecule has 0 aromatic heterocycles. The first-order chi connectivity index (χ1) is 8.81. The molecule has 1 unspecified atom stereocenters. The number of likely N-dealkylation sites (N-methyl/N-ethyl adjacent to an activating group) is 1. The number of nitrogens with one attached hydrogen (secondary N) is 1. The van der Waals surface area contributed by atoms with E-state index in [1.54, 1.807) is 12.1 Å². The molecule has 0 fully saturated rings. The molecule has 0 aliphatic carbocycles. The molecule has 1 aromatic carbocycles. The maximum absolute atomic E-state index is 12.2. The minimum Gasteiger partial charge on any atom is -0.348 e. The first-order valence-corrected chi connectivity index (χ1v) is 7.67. The lowest BCUT2D eigenvalue weighted by atomic mass is 10.0. The standard InChI is InChI=1S/C14H20ClIN2O/c1-9(2)13(8-18(3)4)17-14(19)10-5-6-12(16)11(15)7-10/h5-7,9,13H,8H2,1-4H3,(H,17,19). The number of rotatable bonds is 5. The van der Waals surface area contributed by atoms with Crippen molar-refractivity contribution in [1.29, 1.82) is 0 Å². The topological polar surface area (TPSA) is 32.3 Å². The molecule has 1 amide bonds. The van der Waals surface area contributed by atoms with Gasteiger partial charge in [-0.2, -0.15) is 0 Å². The summed E-state index contributed by atoms with van der Waals surface area (Å²) in [5.41, 5.74) is 0.606. The molecule has 0 saturated heterocycles. The Balaban J connectivity index is 2.78. The Labute approximate surface area is 133 Å². The van der Waals surface area contributed by atoms with Gasteiger partial charge in [0.05, 0.1) is 5.02 Å². The maximum Gasteiger partial charge on any atom is 0.251 e. The minimum absolute atomic E-state index is 0.0705. The molecular formula is C14H20ClIN2O. The molecule has 0 aliphatic rings. The molecule has 1 atom stereocenters. The smallest absolute Gasteiger partial charge is 0.251 e. The summed E-state index contributed by atoms with van der Waals surface area (Å²) in [4.78, 5) is 14.3. The Morgan fingerprint density at radius 3 is 2.53 bits per heavy atom. The highest BCUT2D eigenvalue weighted by molar-refractivity contribution is 14.1. The minimum atomic E-state index is -0.0705. The highest BCUT2D eigenvalue weighted by Crippen LogP contribution is 2.19. The van der Waals surface area contributed by atoms with Gasteiger partial charge in [-0.15, -0.1) is 0 Å². The van der Waals surface area contributed by atoms with Crippen molar-refractivity contribution < 1.29 is 4.79 Å². The van der Waals surface area contributed by atoms with Crippen LogP contribution in [0.2, 0.25) is 5.02 Å². The lowest BCUT2D eigenvalue weighted by Gasteiger charge is -2.25. The molecule has 19 heavy (non-hydrogen) atoms. The van der Waals surface area contributed by atoms with Crippen LogP contribution in [0.15, 0.2) is 18.2 Å². The number of hydrogen-bond acceptors (Lipinski definition) is 2. The van der Waals surface area contributed by atoms with Crippen LogP contribution in [-0.2, 0) is 0 Å². The monoisotopic (exact) mass is 394 g/mol. The highest BCUT2D eigenvalue weighted by atomic mass is 127. The Bertz CT molecular complexity index is 449. The van der Waals surface area contributed by atoms with Crippen molar-refractivity contribution in [2.24, 2.45) is 5.92 Å². The lowest BCUT2D eigenvalue weighted by molar-refractivity contribution is 0.0916. The van der Waals surface area contributed by atoms with Crippen LogP contribution in [0.1, 0.15) is 24.2 Å². The maximum atomic E-state index is 12.2. The molecule has 3 nitrogen and oxygen atoms in total. The van der Waals surface area contributed by atoms with Crippen molar-refractivity contribution in [2.75, 3.05) is 20.6 Å². The van der Waals surface area contributed by atoms with Gasteiger partial charge in [0.25, 0.3) is 5.91 Å². The number of carbonyl (C=O) groups excluding carboxylic acids is 1. The largest absolute Gasteiger partial charge is 0.348 e. The summed E-state index contributed by atoms with van der Waals surface area (Å²) in [7, 11) is 4.01. The third kappa shape index (κ3) is 5.28. The zero-order valence-corrected chi connectivity index (χ0v) is 14.6. The van der Waals surface area contributed by atoms with Gasteiger partial charge in [-0.25, -0.2) is 0 Å². The second kappa shape index (κ2) is 7.45. The molecule has 0 spiro atoms. The molecule has 1 aromatic rings. The summed E-state index contributed by atoms with van der Waals surface area (Å²) in [5, 5.41) is 3.68. The summed E-state index contributed by atoms with van der Waals surface area (Å²) in [5.74, 6) is 0.310. The second-order valence-electron chi connectivity index (χ2n) is 5.22. The van der Waals surface area contributed by atoms with Gasteiger partial charge in [-0.05, 0) is 60.8 Å². The first kappa shape index (κ1) is 16.7. The van der Waals surface area contributed by atoms with E-state index >= 15 is 0 Å². The van der Waals surface area contributed by atoms with Gasteiger partial charge in [-0.3, -0.25) is 4.79 Å². The quantitative estimate of drug-likeness (QED) is 0.778. The van der Waals surface area contributed by atoms with Gasteiger partial charge < -0.3 is 10.2 Å². The van der Waals surface area contributed by atoms with E-state index in [2.05, 4.69) is 46.7 Å². The number of nitrogens with zero attached hydrogens (tertiary/aromatic N) is 1. The van der Waals surface area contributed by atoms with Crippen molar-refractivity contribution in [3.8, 4) is 0 Å². The normalized spacial score (nSPS) is 12.8. The summed E-state index contributed by atoms with van der Waals surface area (Å²) in [6, 6.07) is 5.50. The predicted molar refractivity (Wildman–Crippen MR) is 88.8 cm³/mol. The molecule has 1 rings (SSSR count). The SMILES string of the molecule is CC(C)C(CN(C)C)NC(=O)c1ccc(I)c(Cl)c1. The van der Waals surface area contributed by atoms with Crippen molar-refractivity contribution >= 4 is 40.1 Å². The summed E-state index contributed by atoms with van der Waals surface area (Å²) in [6.07, 6.45) is 0. The number of amides is 1. The summed E-state index contributed by atoms with van der Waals surface area (Å²) < 4.78 is 0.949. The van der Waals surface area contributed by atoms with Crippen molar-refractivity contribution in [3.05, 3.63) is 32.4 Å². The molecule has 0 aliphatic heterocycles. The van der Waals surface area contributed by atoms with Crippen LogP contribution < -0.4 is 5.32 Å². The highest BCUT2D eigenvalue weighted by Gasteiger charge is 2.18. The van der Waals surface area contributed by atoms with Gasteiger partial charge in [0, 0.05) is 21.7 Å². The molecule has 1 N–H and O–H groups in total. The van der Waals surface area contributed by atoms with E-state index in [9.17, 15) is 4.79 Å². The van der Waals surface area contributed by atoms with Crippen molar-refractivity contribution in [2.45, 2.75) is 19.9 Å². The van der Waals surface area contributed by atoms with Crippen LogP contribution in [0.25, 0.3) is 0 Å². The van der Waals surface area contributed by atoms with E-state index in [4.69, 9.17) is 11.6 Å². The number of carbonyl (C=O) groups is 1. The Morgan fingerprint density at radius 2 is 2.05 bits per heavy atom. The van der Waals surface area contributed by atoms with E-state index in [0.717, 1.165) is 10.1 Å². The van der Waals surface area contributed by atoms with Gasteiger partial charge >= 0.3 is 0 Å². The van der Waals surface area contributed by atoms with Crippen LogP contribution in [0.4, 0.5) is 0 Å². The molecule has 0 heterocycles. The van der Waals surface area contributed by atoms with E-state index in [-0.39, 0.29) is 11.9 Å². The molecule has 0 radical (unpaired) electrons. The first-order valence-electron chi connectivity index (χ1n) is 6.22. The van der Waals surface area contributed by atoms with Gasteiger partial charge in [0.2, 0.25) is 0 Å². The van der Waals surface area contributed by atoms with Crippen molar-refractivity contribution in [3.63, 3.8) is 0 Å². The molecule has 0 saturated carbocycles. The zero-order chi connectivity index (χ0) is 14.6. The van der Waals surface area contributed by atoms with Crippen LogP contribution in [0.3, 0.4) is 0 Å². The zero-order valence-electron chi connectivity index (χ0n) is 11.7. The fraction of sp³-hybridized carbons (Fsp3) is 0.500. The fourth-order valence-corrected chi connectivity index (χ4v) is 2.22. The Kier molecular flexibility index (Phi) is 6.56. The summed E-state index contributed by atoms with van der Waals surface area (Å²) >= 11 is 8.19. The van der Waals surface area contributed by atoms with E-state index in [0.29, 0.717) is 16.5 Å². The lowest BCUT2D eigenvalue weighted by Crippen LogP contribution is -2.45. The number of hydrogen-bond donors (Lipinski definition) is 1. The van der Waals surface area contributed by atoms with Gasteiger partial charge in [0.15, 0.2) is 0 Å². The van der Waals surface area contributed by atoms with Crippen molar-refractivity contribution in [1.82, 2.24) is 10.2 Å². The van der Waals surface area contributed by atoms with Crippen LogP contribution in [-0.4, -0.2) is 37.5 Å². The van der Waals surface area contributed by atoms with Crippen LogP contribution in [0, 0.1) is 9.49 Å². The molecular weight excluding hydrogens is 375 g/mol. The fourth-order valence-electron chi connectivity index (χ4n) is 1.71. The van der Waals surface area contributed by atoms with E-state index < -0.39 is 0 Å². The van der Waals surface area contributed by atoms with Crippen LogP contribution >= 0.6 is 34.2 Å². The van der Waals surface area contributed by atoms with Crippen LogP contribution in [0.5, 0.6) is 0 Å². The van der Waals surface area contributed by atoms with Gasteiger partial charge in [-0.1, -0.05) is 25.4 Å².